The molecule has 9 aliphatic rings. The quantitative estimate of drug-likeness (QED) is 0.187. The fraction of sp³-hybridized carbons (Fsp3) is 0.952. The largest absolute Gasteiger partial charge is 0.388 e. The normalized spacial score (nSPS) is 57.7. The molecule has 324 valence electrons. The molecule has 15 nitrogen and oxygen atoms in total. The van der Waals surface area contributed by atoms with Gasteiger partial charge in [-0.1, -0.05) is 39.3 Å². The van der Waals surface area contributed by atoms with Gasteiger partial charge in [-0.3, -0.25) is 0 Å². The van der Waals surface area contributed by atoms with Gasteiger partial charge >= 0.3 is 0 Å². The van der Waals surface area contributed by atoms with Crippen molar-refractivity contribution in [2.45, 2.75) is 177 Å². The van der Waals surface area contributed by atoms with Crippen molar-refractivity contribution in [3.8, 4) is 0 Å². The van der Waals surface area contributed by atoms with E-state index in [4.69, 9.17) is 37.9 Å². The Labute approximate surface area is 334 Å². The maximum Gasteiger partial charge on any atom is 0.187 e. The highest BCUT2D eigenvalue weighted by Gasteiger charge is 2.69. The van der Waals surface area contributed by atoms with E-state index in [1.54, 1.807) is 0 Å². The molecule has 0 aromatic rings. The molecule has 23 unspecified atom stereocenters. The van der Waals surface area contributed by atoms with Gasteiger partial charge < -0.3 is 73.6 Å². The molecule has 0 amide bonds. The number of hydrogen-bond acceptors (Lipinski definition) is 15. The molecule has 57 heavy (non-hydrogen) atoms. The molecule has 9 rings (SSSR count). The number of fused-ring (bicyclic) bond motifs is 7. The summed E-state index contributed by atoms with van der Waals surface area (Å²) in [7, 11) is 0. The molecule has 15 heteroatoms. The van der Waals surface area contributed by atoms with E-state index in [0.29, 0.717) is 41.9 Å². The third-order valence-electron chi connectivity index (χ3n) is 16.5. The highest BCUT2D eigenvalue weighted by molar-refractivity contribution is 5.26. The van der Waals surface area contributed by atoms with E-state index in [9.17, 15) is 35.7 Å². The molecule has 8 fully saturated rings. The smallest absolute Gasteiger partial charge is 0.187 e. The Morgan fingerprint density at radius 3 is 1.96 bits per heavy atom. The first-order valence-electron chi connectivity index (χ1n) is 21.7. The lowest BCUT2D eigenvalue weighted by Crippen LogP contribution is -2.63. The number of aliphatic hydroxyl groups excluding tert-OH is 7. The van der Waals surface area contributed by atoms with E-state index >= 15 is 0 Å². The van der Waals surface area contributed by atoms with Gasteiger partial charge in [-0.2, -0.15) is 0 Å². The first kappa shape index (κ1) is 41.5. The lowest BCUT2D eigenvalue weighted by atomic mass is 9.47. The molecular formula is C42H66O15. The van der Waals surface area contributed by atoms with Crippen molar-refractivity contribution in [2.75, 3.05) is 26.4 Å². The van der Waals surface area contributed by atoms with Crippen LogP contribution in [0, 0.1) is 46.3 Å². The van der Waals surface area contributed by atoms with Crippen LogP contribution in [0.2, 0.25) is 0 Å². The minimum atomic E-state index is -1.68. The van der Waals surface area contributed by atoms with Crippen LogP contribution >= 0.6 is 0 Å². The van der Waals surface area contributed by atoms with Gasteiger partial charge in [-0.25, -0.2) is 0 Å². The van der Waals surface area contributed by atoms with Crippen LogP contribution in [-0.4, -0.2) is 154 Å². The molecule has 5 saturated heterocycles. The summed E-state index contributed by atoms with van der Waals surface area (Å²) in [6.45, 7) is 9.59. The molecule has 23 atom stereocenters. The molecule has 5 aliphatic heterocycles. The van der Waals surface area contributed by atoms with Crippen molar-refractivity contribution in [3.05, 3.63) is 11.6 Å². The Hall–Kier alpha value is -0.860. The average Bonchev–Trinajstić information content (AvgIpc) is 3.64. The van der Waals surface area contributed by atoms with Crippen LogP contribution in [0.4, 0.5) is 0 Å². The second-order valence-electron chi connectivity index (χ2n) is 19.7. The van der Waals surface area contributed by atoms with E-state index in [1.165, 1.54) is 18.4 Å². The van der Waals surface area contributed by atoms with Crippen LogP contribution in [0.25, 0.3) is 0 Å². The standard InChI is InChI=1S/C42H66O15/c1-19-7-12-42(53-15-19)20(2)30-29(57-42)14-25-23-6-5-21-13-22(8-10-40(21,3)24(23)9-11-41(25,30)4)54-38-35(32(47)27(44)17-51-38)56-39-36(33(48)28(45)18-52-39)55-37-34(49)31(46)26(43)16-50-37/h5,19-20,22-39,43-49H,6-18H2,1-4H3. The van der Waals surface area contributed by atoms with Crippen molar-refractivity contribution < 1.29 is 73.6 Å². The van der Waals surface area contributed by atoms with Gasteiger partial charge in [0.15, 0.2) is 24.7 Å². The second kappa shape index (κ2) is 15.5. The van der Waals surface area contributed by atoms with Gasteiger partial charge in [-0.05, 0) is 91.8 Å². The lowest BCUT2D eigenvalue weighted by Gasteiger charge is -2.58. The van der Waals surface area contributed by atoms with Gasteiger partial charge in [0.05, 0.1) is 38.6 Å². The zero-order chi connectivity index (χ0) is 40.2. The third-order valence-corrected chi connectivity index (χ3v) is 16.5. The topological polar surface area (TPSA) is 215 Å². The first-order valence-corrected chi connectivity index (χ1v) is 21.7. The predicted octanol–water partition coefficient (Wildman–Crippen LogP) is 1.10. The van der Waals surface area contributed by atoms with Gasteiger partial charge in [-0.15, -0.1) is 0 Å². The van der Waals surface area contributed by atoms with Crippen LogP contribution in [0.15, 0.2) is 11.6 Å². The van der Waals surface area contributed by atoms with Crippen LogP contribution in [-0.2, 0) is 37.9 Å². The molecule has 1 spiro atoms. The molecule has 7 N–H and O–H groups in total. The maximum atomic E-state index is 11.2. The van der Waals surface area contributed by atoms with Crippen molar-refractivity contribution in [3.63, 3.8) is 0 Å². The van der Waals surface area contributed by atoms with Gasteiger partial charge in [0.25, 0.3) is 0 Å². The van der Waals surface area contributed by atoms with Crippen molar-refractivity contribution in [1.29, 1.82) is 0 Å². The minimum Gasteiger partial charge on any atom is -0.388 e. The van der Waals surface area contributed by atoms with Crippen LogP contribution in [0.5, 0.6) is 0 Å². The van der Waals surface area contributed by atoms with Crippen molar-refractivity contribution >= 4 is 0 Å². The van der Waals surface area contributed by atoms with Gasteiger partial charge in [0.1, 0.15) is 54.9 Å². The zero-order valence-electron chi connectivity index (χ0n) is 33.7. The maximum absolute atomic E-state index is 11.2. The molecule has 3 saturated carbocycles. The van der Waals surface area contributed by atoms with E-state index in [0.717, 1.165) is 45.1 Å². The van der Waals surface area contributed by atoms with Crippen molar-refractivity contribution in [1.82, 2.24) is 0 Å². The fourth-order valence-electron chi connectivity index (χ4n) is 13.2. The Morgan fingerprint density at radius 2 is 1.30 bits per heavy atom. The van der Waals surface area contributed by atoms with E-state index in [1.807, 2.05) is 0 Å². The summed E-state index contributed by atoms with van der Waals surface area (Å²) in [5.74, 6) is 2.86. The Morgan fingerprint density at radius 1 is 0.667 bits per heavy atom. The zero-order valence-corrected chi connectivity index (χ0v) is 33.7. The monoisotopic (exact) mass is 810 g/mol. The SMILES string of the molecule is CC1CCC2(OC1)OC1CC3C4CC=C5CC(OC6OCC(O)C(O)C6OC6OCC(O)C(O)C6OC6OCC(O)C(O)C6O)CCC5(C)C4CCC3(C)C1C2C. The number of ether oxygens (including phenoxy) is 8. The van der Waals surface area contributed by atoms with Crippen LogP contribution in [0.1, 0.15) is 85.5 Å². The van der Waals surface area contributed by atoms with Crippen LogP contribution in [0.3, 0.4) is 0 Å². The molecule has 5 heterocycles. The van der Waals surface area contributed by atoms with Crippen LogP contribution < -0.4 is 0 Å². The highest BCUT2D eigenvalue weighted by atomic mass is 16.8. The summed E-state index contributed by atoms with van der Waals surface area (Å²) in [6, 6.07) is 0. The average molecular weight is 811 g/mol. The summed E-state index contributed by atoms with van der Waals surface area (Å²) in [6.07, 6.45) is -5.46. The second-order valence-corrected chi connectivity index (χ2v) is 19.7. The molecule has 0 bridgehead atoms. The van der Waals surface area contributed by atoms with Gasteiger partial charge in [0, 0.05) is 12.3 Å². The van der Waals surface area contributed by atoms with Crippen molar-refractivity contribution in [2.24, 2.45) is 46.3 Å². The molecule has 0 radical (unpaired) electrons. The summed E-state index contributed by atoms with van der Waals surface area (Å²) in [4.78, 5) is 0. The van der Waals surface area contributed by atoms with Gasteiger partial charge in [0.2, 0.25) is 0 Å². The summed E-state index contributed by atoms with van der Waals surface area (Å²) < 4.78 is 49.2. The highest BCUT2D eigenvalue weighted by Crippen LogP contribution is 2.70. The summed E-state index contributed by atoms with van der Waals surface area (Å²) >= 11 is 0. The molecule has 0 aromatic heterocycles. The first-order chi connectivity index (χ1) is 27.1. The third kappa shape index (κ3) is 6.91. The fourth-order valence-corrected chi connectivity index (χ4v) is 13.2. The van der Waals surface area contributed by atoms with E-state index in [-0.39, 0.29) is 42.9 Å². The lowest BCUT2D eigenvalue weighted by molar-refractivity contribution is -0.374. The Bertz CT molecular complexity index is 1470. The number of aliphatic hydroxyl groups is 7. The number of hydrogen-bond donors (Lipinski definition) is 7. The summed E-state index contributed by atoms with van der Waals surface area (Å²) in [5, 5.41) is 73.8. The Kier molecular flexibility index (Phi) is 11.3. The predicted molar refractivity (Wildman–Crippen MR) is 198 cm³/mol. The number of allylic oxidation sites excluding steroid dienone is 1. The Balaban J connectivity index is 0.871. The molecule has 4 aliphatic carbocycles. The van der Waals surface area contributed by atoms with E-state index in [2.05, 4.69) is 33.8 Å². The number of rotatable bonds is 6. The minimum absolute atomic E-state index is 0.0456. The molecular weight excluding hydrogens is 744 g/mol. The summed E-state index contributed by atoms with van der Waals surface area (Å²) in [5.41, 5.74) is 1.68. The van der Waals surface area contributed by atoms with E-state index < -0.39 is 79.6 Å². The molecule has 0 aromatic carbocycles.